The Labute approximate surface area is 233 Å². The highest BCUT2D eigenvalue weighted by Gasteiger charge is 2.70. The van der Waals surface area contributed by atoms with Gasteiger partial charge in [0.15, 0.2) is 11.5 Å². The second-order valence-electron chi connectivity index (χ2n) is 10.3. The summed E-state index contributed by atoms with van der Waals surface area (Å²) in [6.07, 6.45) is 0.178. The fraction of sp³-hybridized carbons (Fsp3) is 0.241. The first-order chi connectivity index (χ1) is 19.0. The number of hydrogen-bond acceptors (Lipinski definition) is 8. The summed E-state index contributed by atoms with van der Waals surface area (Å²) in [4.78, 5) is 54.3. The number of amides is 3. The van der Waals surface area contributed by atoms with Crippen LogP contribution in [0.15, 0.2) is 54.6 Å². The number of imide groups is 1. The molecule has 1 spiro atoms. The second kappa shape index (κ2) is 9.07. The number of halogens is 1. The number of carbonyl (C=O) groups excluding carboxylic acids is 4. The lowest BCUT2D eigenvalue weighted by atomic mass is 9.76. The van der Waals surface area contributed by atoms with Gasteiger partial charge in [-0.1, -0.05) is 23.7 Å². The van der Waals surface area contributed by atoms with E-state index in [-0.39, 0.29) is 29.4 Å². The van der Waals surface area contributed by atoms with Crippen LogP contribution in [0.5, 0.6) is 17.2 Å². The van der Waals surface area contributed by atoms with Crippen LogP contribution in [0.2, 0.25) is 5.02 Å². The Balaban J connectivity index is 1.47. The molecule has 4 atom stereocenters. The summed E-state index contributed by atoms with van der Waals surface area (Å²) in [7, 11) is 0. The Kier molecular flexibility index (Phi) is 5.86. The summed E-state index contributed by atoms with van der Waals surface area (Å²) in [6, 6.07) is 13.1. The highest BCUT2D eigenvalue weighted by atomic mass is 35.5. The predicted octanol–water partition coefficient (Wildman–Crippen LogP) is 3.15. The molecule has 3 amide bonds. The minimum Gasteiger partial charge on any atom is -0.504 e. The number of aromatic hydroxyl groups is 2. The van der Waals surface area contributed by atoms with Gasteiger partial charge in [0.25, 0.3) is 0 Å². The third-order valence-corrected chi connectivity index (χ3v) is 8.07. The molecule has 3 aromatic rings. The number of phenols is 2. The summed E-state index contributed by atoms with van der Waals surface area (Å²) < 4.78 is 5.07. The van der Waals surface area contributed by atoms with Crippen molar-refractivity contribution < 1.29 is 34.1 Å². The van der Waals surface area contributed by atoms with Crippen LogP contribution in [0.25, 0.3) is 0 Å². The van der Waals surface area contributed by atoms with E-state index in [1.807, 2.05) is 6.92 Å². The van der Waals surface area contributed by atoms with Crippen molar-refractivity contribution in [3.63, 3.8) is 0 Å². The van der Waals surface area contributed by atoms with E-state index in [4.69, 9.17) is 16.3 Å². The lowest BCUT2D eigenvalue weighted by Crippen LogP contribution is -2.53. The SMILES string of the molecule is CC(=O)Oc1ccc(N2C(=O)[C@@H]3[C@H](Cc4ccc(O)c(O)c4)N[C@@]4(C(=O)Nc5c(Cl)cc(C)cc54)[C@H]3C2=O)cc1. The van der Waals surface area contributed by atoms with Crippen LogP contribution < -0.4 is 20.3 Å². The molecule has 11 heteroatoms. The average Bonchev–Trinajstić information content (AvgIpc) is 3.47. The number of carbonyl (C=O) groups is 4. The number of aryl methyl sites for hydroxylation is 1. The first kappa shape index (κ1) is 25.8. The van der Waals surface area contributed by atoms with E-state index in [0.29, 0.717) is 21.8 Å². The highest BCUT2D eigenvalue weighted by molar-refractivity contribution is 6.35. The molecule has 0 bridgehead atoms. The molecule has 0 aromatic heterocycles. The first-order valence-corrected chi connectivity index (χ1v) is 13.0. The molecule has 40 heavy (non-hydrogen) atoms. The van der Waals surface area contributed by atoms with Gasteiger partial charge >= 0.3 is 5.97 Å². The predicted molar refractivity (Wildman–Crippen MR) is 144 cm³/mol. The van der Waals surface area contributed by atoms with Crippen molar-refractivity contribution in [2.24, 2.45) is 11.8 Å². The van der Waals surface area contributed by atoms with Crippen molar-refractivity contribution in [3.05, 3.63) is 76.3 Å². The van der Waals surface area contributed by atoms with Gasteiger partial charge in [-0.25, -0.2) is 4.90 Å². The number of anilines is 2. The van der Waals surface area contributed by atoms with Gasteiger partial charge in [-0.15, -0.1) is 0 Å². The quantitative estimate of drug-likeness (QED) is 0.164. The van der Waals surface area contributed by atoms with Gasteiger partial charge in [0, 0.05) is 18.5 Å². The Morgan fingerprint density at radius 2 is 1.75 bits per heavy atom. The molecule has 3 aliphatic heterocycles. The molecule has 4 N–H and O–H groups in total. The number of nitrogens with one attached hydrogen (secondary N) is 2. The molecule has 10 nitrogen and oxygen atoms in total. The maximum Gasteiger partial charge on any atom is 0.308 e. The molecule has 2 saturated heterocycles. The lowest BCUT2D eigenvalue weighted by Gasteiger charge is -2.30. The molecule has 3 aliphatic rings. The van der Waals surface area contributed by atoms with Crippen LogP contribution in [-0.2, 0) is 31.1 Å². The maximum atomic E-state index is 14.1. The average molecular weight is 562 g/mol. The monoisotopic (exact) mass is 561 g/mol. The van der Waals surface area contributed by atoms with Gasteiger partial charge in [0.1, 0.15) is 11.3 Å². The zero-order valence-corrected chi connectivity index (χ0v) is 22.2. The summed E-state index contributed by atoms with van der Waals surface area (Å²) in [5.74, 6) is -4.44. The van der Waals surface area contributed by atoms with Crippen molar-refractivity contribution in [1.29, 1.82) is 0 Å². The summed E-state index contributed by atoms with van der Waals surface area (Å²) >= 11 is 6.49. The molecule has 3 aromatic carbocycles. The van der Waals surface area contributed by atoms with Crippen molar-refractivity contribution in [3.8, 4) is 17.2 Å². The van der Waals surface area contributed by atoms with E-state index in [1.54, 1.807) is 18.2 Å². The Morgan fingerprint density at radius 1 is 1.02 bits per heavy atom. The standard InChI is InChI=1S/C29H24ClN3O7/c1-13-9-18-25(19(30)10-13)31-28(39)29(18)24-23(20(32-29)11-15-3-8-21(35)22(36)12-15)26(37)33(27(24)38)16-4-6-17(7-5-16)40-14(2)34/h3-10,12,20,23-24,32,35-36H,11H2,1-2H3,(H,31,39)/t20-,23+,24+,29+/m0/s1. The van der Waals surface area contributed by atoms with Crippen molar-refractivity contribution in [1.82, 2.24) is 5.32 Å². The minimum atomic E-state index is -1.57. The molecule has 0 unspecified atom stereocenters. The normalized spacial score (nSPS) is 24.8. The molecule has 0 aliphatic carbocycles. The highest BCUT2D eigenvalue weighted by Crippen LogP contribution is 2.55. The Bertz CT molecular complexity index is 1620. The number of benzene rings is 3. The first-order valence-electron chi connectivity index (χ1n) is 12.6. The van der Waals surface area contributed by atoms with Crippen LogP contribution in [-0.4, -0.2) is 39.9 Å². The van der Waals surface area contributed by atoms with Crippen molar-refractivity contribution >= 4 is 46.7 Å². The van der Waals surface area contributed by atoms with Crippen molar-refractivity contribution in [2.75, 3.05) is 10.2 Å². The fourth-order valence-electron chi connectivity index (χ4n) is 6.20. The smallest absolute Gasteiger partial charge is 0.308 e. The van der Waals surface area contributed by atoms with E-state index in [0.717, 1.165) is 10.5 Å². The number of nitrogens with zero attached hydrogens (tertiary/aromatic N) is 1. The largest absolute Gasteiger partial charge is 0.504 e. The van der Waals surface area contributed by atoms with Gasteiger partial charge in [-0.2, -0.15) is 0 Å². The Morgan fingerprint density at radius 3 is 2.42 bits per heavy atom. The summed E-state index contributed by atoms with van der Waals surface area (Å²) in [5.41, 5.74) is 0.946. The molecular weight excluding hydrogens is 538 g/mol. The number of ether oxygens (including phenoxy) is 1. The van der Waals surface area contributed by atoms with E-state index in [1.165, 1.54) is 43.3 Å². The molecule has 204 valence electrons. The molecule has 6 rings (SSSR count). The van der Waals surface area contributed by atoms with Gasteiger partial charge < -0.3 is 20.3 Å². The van der Waals surface area contributed by atoms with E-state index in [2.05, 4.69) is 10.6 Å². The minimum absolute atomic E-state index is 0.178. The van der Waals surface area contributed by atoms with Crippen LogP contribution in [0, 0.1) is 18.8 Å². The third kappa shape index (κ3) is 3.75. The van der Waals surface area contributed by atoms with Crippen LogP contribution >= 0.6 is 11.6 Å². The van der Waals surface area contributed by atoms with Gasteiger partial charge in [-0.3, -0.25) is 24.5 Å². The van der Waals surface area contributed by atoms with Crippen LogP contribution in [0.4, 0.5) is 11.4 Å². The molecular formula is C29H24ClN3O7. The zero-order valence-electron chi connectivity index (χ0n) is 21.4. The molecule has 2 fully saturated rings. The topological polar surface area (TPSA) is 145 Å². The van der Waals surface area contributed by atoms with Crippen LogP contribution in [0.1, 0.15) is 23.6 Å². The van der Waals surface area contributed by atoms with E-state index in [9.17, 15) is 29.4 Å². The zero-order chi connectivity index (χ0) is 28.5. The number of rotatable bonds is 4. The van der Waals surface area contributed by atoms with Crippen LogP contribution in [0.3, 0.4) is 0 Å². The number of hydrogen-bond donors (Lipinski definition) is 4. The van der Waals surface area contributed by atoms with Crippen molar-refractivity contribution in [2.45, 2.75) is 31.8 Å². The fourth-order valence-corrected chi connectivity index (χ4v) is 6.52. The van der Waals surface area contributed by atoms with E-state index >= 15 is 0 Å². The summed E-state index contributed by atoms with van der Waals surface area (Å²) in [5, 5.41) is 26.3. The Hall–Kier alpha value is -4.41. The molecule has 0 saturated carbocycles. The second-order valence-corrected chi connectivity index (χ2v) is 10.7. The number of phenolic OH excluding ortho intramolecular Hbond substituents is 2. The van der Waals surface area contributed by atoms with Gasteiger partial charge in [0.2, 0.25) is 17.7 Å². The molecule has 3 heterocycles. The lowest BCUT2D eigenvalue weighted by molar-refractivity contribution is -0.132. The maximum absolute atomic E-state index is 14.1. The molecule has 0 radical (unpaired) electrons. The summed E-state index contributed by atoms with van der Waals surface area (Å²) in [6.45, 7) is 3.09. The van der Waals surface area contributed by atoms with E-state index < -0.39 is 47.1 Å². The van der Waals surface area contributed by atoms with Gasteiger partial charge in [-0.05, 0) is 66.9 Å². The number of esters is 1. The number of fused-ring (bicyclic) bond motifs is 4. The third-order valence-electron chi connectivity index (χ3n) is 7.77. The van der Waals surface area contributed by atoms with Gasteiger partial charge in [0.05, 0.1) is 28.2 Å².